The minimum absolute atomic E-state index is 0.0333. The van der Waals surface area contributed by atoms with Crippen LogP contribution in [0.1, 0.15) is 31.3 Å². The van der Waals surface area contributed by atoms with Crippen molar-refractivity contribution >= 4 is 0 Å². The molecule has 1 aromatic heterocycles. The van der Waals surface area contributed by atoms with Crippen molar-refractivity contribution < 1.29 is 0 Å². The van der Waals surface area contributed by atoms with Gasteiger partial charge in [-0.15, -0.1) is 0 Å². The Morgan fingerprint density at radius 1 is 0.833 bits per heavy atom. The van der Waals surface area contributed by atoms with E-state index in [2.05, 4.69) is 24.3 Å². The highest BCUT2D eigenvalue weighted by Crippen LogP contribution is 2.74. The molecule has 5 heteroatoms. The topological polar surface area (TPSA) is 48.9 Å². The number of aromatic nitrogens is 3. The third kappa shape index (κ3) is 1.07. The van der Waals surface area contributed by atoms with Crippen LogP contribution < -0.4 is 11.4 Å². The average molecular weight is 319 g/mol. The zero-order valence-electron chi connectivity index (χ0n) is 13.1. The molecule has 5 aliphatic rings. The lowest BCUT2D eigenvalue weighted by Crippen LogP contribution is -2.61. The summed E-state index contributed by atoms with van der Waals surface area (Å²) < 4.78 is 4.75. The average Bonchev–Trinajstić information content (AvgIpc) is 3.05. The zero-order chi connectivity index (χ0) is 16.1. The summed E-state index contributed by atoms with van der Waals surface area (Å²) in [6.45, 7) is 0. The zero-order valence-corrected chi connectivity index (χ0v) is 13.1. The standard InChI is InChI=1S/C19H17N3O2/c23-16-20(13-5-2-1-3-6-13)17(24)22-15-8-7-14(21(16)22)18-9-4-10-19(15,18)12-11-18/h1-3,5-8,11-12,14-15H,4,9-10H2/t14-,15-,18-,19-/m0/s1. The van der Waals surface area contributed by atoms with Crippen molar-refractivity contribution in [2.45, 2.75) is 31.3 Å². The molecular formula is C19H17N3O2. The predicted octanol–water partition coefficient (Wildman–Crippen LogP) is 2.19. The van der Waals surface area contributed by atoms with Crippen LogP contribution in [0.25, 0.3) is 5.69 Å². The van der Waals surface area contributed by atoms with E-state index in [4.69, 9.17) is 0 Å². The molecule has 0 saturated heterocycles. The minimum Gasteiger partial charge on any atom is -0.245 e. The highest BCUT2D eigenvalue weighted by atomic mass is 16.2. The van der Waals surface area contributed by atoms with Gasteiger partial charge in [-0.05, 0) is 25.0 Å². The van der Waals surface area contributed by atoms with E-state index < -0.39 is 0 Å². The maximum absolute atomic E-state index is 13.1. The summed E-state index contributed by atoms with van der Waals surface area (Å²) in [4.78, 5) is 26.3. The monoisotopic (exact) mass is 319 g/mol. The second-order valence-electron chi connectivity index (χ2n) is 7.47. The SMILES string of the molecule is O=c1n(-c2ccccc2)c(=O)n2n1[C@H]1C=C[C@H]2[C@]23C=C[C@@]12CCC3. The van der Waals surface area contributed by atoms with Gasteiger partial charge in [0.25, 0.3) is 0 Å². The Labute approximate surface area is 138 Å². The fourth-order valence-electron chi connectivity index (χ4n) is 5.79. The molecule has 1 aromatic carbocycles. The lowest BCUT2D eigenvalue weighted by Gasteiger charge is -2.62. The Balaban J connectivity index is 1.69. The number of hydrogen-bond donors (Lipinski definition) is 0. The largest absolute Gasteiger partial charge is 0.352 e. The van der Waals surface area contributed by atoms with Crippen molar-refractivity contribution in [2.75, 3.05) is 0 Å². The van der Waals surface area contributed by atoms with Crippen molar-refractivity contribution in [3.8, 4) is 5.69 Å². The van der Waals surface area contributed by atoms with E-state index in [9.17, 15) is 9.59 Å². The molecule has 4 atom stereocenters. The molecule has 5 nitrogen and oxygen atoms in total. The van der Waals surface area contributed by atoms with E-state index in [1.807, 2.05) is 30.3 Å². The number of nitrogens with zero attached hydrogens (tertiary/aromatic N) is 3. The lowest BCUT2D eigenvalue weighted by molar-refractivity contribution is -0.0229. The summed E-state index contributed by atoms with van der Waals surface area (Å²) in [5, 5.41) is 0. The van der Waals surface area contributed by atoms with Gasteiger partial charge < -0.3 is 0 Å². The van der Waals surface area contributed by atoms with Crippen LogP contribution in [0.5, 0.6) is 0 Å². The first kappa shape index (κ1) is 12.8. The fraction of sp³-hybridized carbons (Fsp3) is 0.368. The molecule has 0 unspecified atom stereocenters. The summed E-state index contributed by atoms with van der Waals surface area (Å²) in [6.07, 6.45) is 12.2. The Morgan fingerprint density at radius 3 is 1.88 bits per heavy atom. The number of allylic oxidation sites excluding steroid dienone is 4. The van der Waals surface area contributed by atoms with Crippen LogP contribution >= 0.6 is 0 Å². The van der Waals surface area contributed by atoms with Crippen molar-refractivity contribution in [1.29, 1.82) is 0 Å². The van der Waals surface area contributed by atoms with Gasteiger partial charge in [0.1, 0.15) is 0 Å². The molecule has 0 N–H and O–H groups in total. The molecule has 0 radical (unpaired) electrons. The van der Waals surface area contributed by atoms with Crippen LogP contribution in [0, 0.1) is 10.8 Å². The molecule has 2 bridgehead atoms. The predicted molar refractivity (Wildman–Crippen MR) is 89.4 cm³/mol. The summed E-state index contributed by atoms with van der Waals surface area (Å²) >= 11 is 0. The molecule has 7 rings (SSSR count). The maximum Gasteiger partial charge on any atom is 0.352 e. The third-order valence-corrected chi connectivity index (χ3v) is 6.80. The van der Waals surface area contributed by atoms with Gasteiger partial charge in [-0.3, -0.25) is 0 Å². The van der Waals surface area contributed by atoms with Gasteiger partial charge in [-0.2, -0.15) is 0 Å². The molecular weight excluding hydrogens is 302 g/mol. The molecule has 1 saturated carbocycles. The van der Waals surface area contributed by atoms with Crippen molar-refractivity contribution in [2.24, 2.45) is 10.8 Å². The Kier molecular flexibility index (Phi) is 2.00. The molecule has 24 heavy (non-hydrogen) atoms. The van der Waals surface area contributed by atoms with Gasteiger partial charge in [-0.1, -0.05) is 48.9 Å². The van der Waals surface area contributed by atoms with Gasteiger partial charge in [0.05, 0.1) is 17.8 Å². The summed E-state index contributed by atoms with van der Waals surface area (Å²) in [6, 6.07) is 9.14. The Hall–Kier alpha value is -2.56. The Morgan fingerprint density at radius 2 is 1.38 bits per heavy atom. The third-order valence-electron chi connectivity index (χ3n) is 6.80. The first-order chi connectivity index (χ1) is 11.7. The molecule has 3 heterocycles. The maximum atomic E-state index is 13.1. The minimum atomic E-state index is -0.222. The van der Waals surface area contributed by atoms with Crippen LogP contribution in [0.2, 0.25) is 0 Å². The quantitative estimate of drug-likeness (QED) is 0.757. The van der Waals surface area contributed by atoms with E-state index >= 15 is 0 Å². The summed E-state index contributed by atoms with van der Waals surface area (Å²) in [7, 11) is 0. The van der Waals surface area contributed by atoms with E-state index in [0.29, 0.717) is 5.69 Å². The van der Waals surface area contributed by atoms with Crippen LogP contribution in [-0.2, 0) is 0 Å². The normalized spacial score (nSPS) is 37.0. The van der Waals surface area contributed by atoms with Gasteiger partial charge >= 0.3 is 11.4 Å². The van der Waals surface area contributed by atoms with Crippen LogP contribution in [0.15, 0.2) is 64.2 Å². The van der Waals surface area contributed by atoms with E-state index in [-0.39, 0.29) is 34.3 Å². The number of hydrogen-bond acceptors (Lipinski definition) is 2. The Bertz CT molecular complexity index is 993. The second kappa shape index (κ2) is 3.74. The highest BCUT2D eigenvalue weighted by Gasteiger charge is 2.69. The van der Waals surface area contributed by atoms with Crippen molar-refractivity contribution in [3.05, 3.63) is 75.6 Å². The number of rotatable bonds is 1. The summed E-state index contributed by atoms with van der Waals surface area (Å²) in [5.74, 6) is 0. The van der Waals surface area contributed by atoms with Gasteiger partial charge in [-0.25, -0.2) is 23.5 Å². The molecule has 120 valence electrons. The molecule has 3 aliphatic carbocycles. The van der Waals surface area contributed by atoms with Crippen LogP contribution in [-0.4, -0.2) is 13.9 Å². The van der Waals surface area contributed by atoms with E-state index in [1.165, 1.54) is 4.57 Å². The molecule has 1 fully saturated rings. The number of benzene rings is 1. The van der Waals surface area contributed by atoms with Gasteiger partial charge in [0, 0.05) is 10.8 Å². The highest BCUT2D eigenvalue weighted by molar-refractivity contribution is 5.42. The molecule has 0 spiro atoms. The lowest BCUT2D eigenvalue weighted by atomic mass is 9.48. The smallest absolute Gasteiger partial charge is 0.245 e. The van der Waals surface area contributed by atoms with Crippen LogP contribution in [0.4, 0.5) is 0 Å². The molecule has 0 amide bonds. The second-order valence-corrected chi connectivity index (χ2v) is 7.47. The first-order valence-electron chi connectivity index (χ1n) is 8.60. The van der Waals surface area contributed by atoms with E-state index in [0.717, 1.165) is 19.3 Å². The summed E-state index contributed by atoms with van der Waals surface area (Å²) in [5.41, 5.74) is 0.264. The van der Waals surface area contributed by atoms with Gasteiger partial charge in [0.15, 0.2) is 0 Å². The van der Waals surface area contributed by atoms with Crippen LogP contribution in [0.3, 0.4) is 0 Å². The number of para-hydroxylation sites is 1. The van der Waals surface area contributed by atoms with Crippen molar-refractivity contribution in [3.63, 3.8) is 0 Å². The molecule has 2 aliphatic heterocycles. The van der Waals surface area contributed by atoms with E-state index in [1.54, 1.807) is 9.36 Å². The van der Waals surface area contributed by atoms with Crippen molar-refractivity contribution in [1.82, 2.24) is 13.9 Å². The fourth-order valence-corrected chi connectivity index (χ4v) is 5.79. The van der Waals surface area contributed by atoms with Gasteiger partial charge in [0.2, 0.25) is 0 Å². The molecule has 2 aromatic rings. The first-order valence-corrected chi connectivity index (χ1v) is 8.60.